The van der Waals surface area contributed by atoms with Gasteiger partial charge in [0.2, 0.25) is 0 Å². The summed E-state index contributed by atoms with van der Waals surface area (Å²) in [6.07, 6.45) is 2.52. The molecule has 1 aliphatic rings. The Morgan fingerprint density at radius 3 is 2.63 bits per heavy atom. The second-order valence-electron chi connectivity index (χ2n) is 7.34. The number of guanidine groups is 1. The standard InChI is InChI=1S/C21H36N4O.HI/c1-5-26-20(17(2)3)11-13-23-21(22-4)24-15-18-12-14-25(16-18)19-9-7-6-8-10-19;/h6-10,17-18,20H,5,11-16H2,1-4H3,(H2,22,23,24);1H. The van der Waals surface area contributed by atoms with Gasteiger partial charge in [0.15, 0.2) is 5.96 Å². The largest absolute Gasteiger partial charge is 0.378 e. The highest BCUT2D eigenvalue weighted by atomic mass is 127. The number of hydrogen-bond donors (Lipinski definition) is 2. The number of halogens is 1. The molecule has 2 atom stereocenters. The van der Waals surface area contributed by atoms with Crippen LogP contribution >= 0.6 is 24.0 Å². The normalized spacial score (nSPS) is 18.3. The SMILES string of the molecule is CCOC(CCNC(=NC)NCC1CCN(c2ccccc2)C1)C(C)C.I. The molecule has 0 spiro atoms. The highest BCUT2D eigenvalue weighted by molar-refractivity contribution is 14.0. The molecule has 1 aromatic carbocycles. The summed E-state index contributed by atoms with van der Waals surface area (Å²) in [7, 11) is 1.84. The minimum atomic E-state index is 0. The van der Waals surface area contributed by atoms with Gasteiger partial charge in [0, 0.05) is 45.5 Å². The summed E-state index contributed by atoms with van der Waals surface area (Å²) in [6, 6.07) is 10.7. The van der Waals surface area contributed by atoms with Crippen molar-refractivity contribution in [3.05, 3.63) is 30.3 Å². The van der Waals surface area contributed by atoms with Gasteiger partial charge in [-0.2, -0.15) is 0 Å². The van der Waals surface area contributed by atoms with E-state index < -0.39 is 0 Å². The molecule has 1 fully saturated rings. The first kappa shape index (κ1) is 24.0. The number of ether oxygens (including phenoxy) is 1. The molecule has 0 saturated carbocycles. The second-order valence-corrected chi connectivity index (χ2v) is 7.34. The first-order valence-corrected chi connectivity index (χ1v) is 10.00. The summed E-state index contributed by atoms with van der Waals surface area (Å²) in [4.78, 5) is 6.82. The Labute approximate surface area is 182 Å². The van der Waals surface area contributed by atoms with Gasteiger partial charge in [0.25, 0.3) is 0 Å². The highest BCUT2D eigenvalue weighted by Gasteiger charge is 2.22. The molecule has 27 heavy (non-hydrogen) atoms. The Morgan fingerprint density at radius 1 is 1.26 bits per heavy atom. The molecule has 0 radical (unpaired) electrons. The lowest BCUT2D eigenvalue weighted by atomic mass is 10.0. The third kappa shape index (κ3) is 8.25. The molecule has 154 valence electrons. The van der Waals surface area contributed by atoms with Crippen LogP contribution in [0.4, 0.5) is 5.69 Å². The van der Waals surface area contributed by atoms with Gasteiger partial charge in [-0.25, -0.2) is 0 Å². The summed E-state index contributed by atoms with van der Waals surface area (Å²) in [6.45, 7) is 11.3. The lowest BCUT2D eigenvalue weighted by Gasteiger charge is -2.22. The van der Waals surface area contributed by atoms with E-state index in [0.29, 0.717) is 17.9 Å². The Kier molecular flexibility index (Phi) is 11.7. The Morgan fingerprint density at radius 2 is 2.00 bits per heavy atom. The first-order chi connectivity index (χ1) is 12.6. The second kappa shape index (κ2) is 13.2. The number of anilines is 1. The van der Waals surface area contributed by atoms with Gasteiger partial charge in [-0.1, -0.05) is 32.0 Å². The number of aliphatic imine (C=N–C) groups is 1. The molecule has 2 N–H and O–H groups in total. The van der Waals surface area contributed by atoms with Gasteiger partial charge in [0.1, 0.15) is 0 Å². The minimum Gasteiger partial charge on any atom is -0.378 e. The molecule has 0 aliphatic carbocycles. The smallest absolute Gasteiger partial charge is 0.190 e. The van der Waals surface area contributed by atoms with E-state index in [1.807, 2.05) is 7.05 Å². The topological polar surface area (TPSA) is 48.9 Å². The lowest BCUT2D eigenvalue weighted by Crippen LogP contribution is -2.41. The monoisotopic (exact) mass is 488 g/mol. The van der Waals surface area contributed by atoms with Gasteiger partial charge in [0.05, 0.1) is 6.10 Å². The van der Waals surface area contributed by atoms with Crippen molar-refractivity contribution in [2.24, 2.45) is 16.8 Å². The van der Waals surface area contributed by atoms with Gasteiger partial charge in [-0.3, -0.25) is 4.99 Å². The summed E-state index contributed by atoms with van der Waals surface area (Å²) >= 11 is 0. The number of nitrogens with one attached hydrogen (secondary N) is 2. The van der Waals surface area contributed by atoms with E-state index in [2.05, 4.69) is 71.6 Å². The van der Waals surface area contributed by atoms with Crippen LogP contribution in [0.3, 0.4) is 0 Å². The average Bonchev–Trinajstić information content (AvgIpc) is 3.13. The number of rotatable bonds is 9. The molecule has 1 saturated heterocycles. The summed E-state index contributed by atoms with van der Waals surface area (Å²) in [5.74, 6) is 2.08. The van der Waals surface area contributed by atoms with Crippen LogP contribution in [-0.2, 0) is 4.74 Å². The van der Waals surface area contributed by atoms with Crippen molar-refractivity contribution in [3.63, 3.8) is 0 Å². The van der Waals surface area contributed by atoms with Crippen molar-refractivity contribution >= 4 is 35.6 Å². The molecule has 1 aromatic rings. The van der Waals surface area contributed by atoms with Crippen LogP contribution in [-0.4, -0.2) is 51.9 Å². The third-order valence-electron chi connectivity index (χ3n) is 5.03. The number of hydrogen-bond acceptors (Lipinski definition) is 3. The van der Waals surface area contributed by atoms with E-state index in [1.54, 1.807) is 0 Å². The zero-order valence-electron chi connectivity index (χ0n) is 17.3. The number of para-hydroxylation sites is 1. The van der Waals surface area contributed by atoms with Gasteiger partial charge in [-0.15, -0.1) is 24.0 Å². The Bertz CT molecular complexity index is 538. The van der Waals surface area contributed by atoms with Crippen molar-refractivity contribution in [1.82, 2.24) is 10.6 Å². The summed E-state index contributed by atoms with van der Waals surface area (Å²) in [5, 5.41) is 6.92. The van der Waals surface area contributed by atoms with Crippen molar-refractivity contribution in [2.75, 3.05) is 44.7 Å². The number of nitrogens with zero attached hydrogens (tertiary/aromatic N) is 2. The van der Waals surface area contributed by atoms with Crippen molar-refractivity contribution in [2.45, 2.75) is 39.7 Å². The fourth-order valence-corrected chi connectivity index (χ4v) is 3.49. The van der Waals surface area contributed by atoms with Crippen molar-refractivity contribution < 1.29 is 4.74 Å². The molecule has 2 rings (SSSR count). The van der Waals surface area contributed by atoms with Crippen LogP contribution in [0, 0.1) is 11.8 Å². The van der Waals surface area contributed by atoms with Crippen molar-refractivity contribution in [1.29, 1.82) is 0 Å². The first-order valence-electron chi connectivity index (χ1n) is 10.00. The summed E-state index contributed by atoms with van der Waals surface area (Å²) in [5.41, 5.74) is 1.33. The molecule has 0 aromatic heterocycles. The van der Waals surface area contributed by atoms with Crippen molar-refractivity contribution in [3.8, 4) is 0 Å². The molecule has 2 unspecified atom stereocenters. The number of benzene rings is 1. The predicted octanol–water partition coefficient (Wildman–Crippen LogP) is 3.75. The Balaban J connectivity index is 0.00000364. The van der Waals surface area contributed by atoms with E-state index in [1.165, 1.54) is 12.1 Å². The highest BCUT2D eigenvalue weighted by Crippen LogP contribution is 2.22. The maximum atomic E-state index is 5.81. The fourth-order valence-electron chi connectivity index (χ4n) is 3.49. The summed E-state index contributed by atoms with van der Waals surface area (Å²) < 4.78 is 5.81. The van der Waals surface area contributed by atoms with E-state index in [4.69, 9.17) is 4.74 Å². The lowest BCUT2D eigenvalue weighted by molar-refractivity contribution is 0.0258. The molecule has 0 bridgehead atoms. The van der Waals surface area contributed by atoms with Crippen LogP contribution in [0.25, 0.3) is 0 Å². The van der Waals surface area contributed by atoms with E-state index in [9.17, 15) is 0 Å². The molecule has 5 nitrogen and oxygen atoms in total. The van der Waals surface area contributed by atoms with E-state index >= 15 is 0 Å². The molecule has 6 heteroatoms. The molecular formula is C21H37IN4O. The van der Waals surface area contributed by atoms with Gasteiger partial charge in [-0.05, 0) is 43.7 Å². The third-order valence-corrected chi connectivity index (χ3v) is 5.03. The average molecular weight is 488 g/mol. The maximum Gasteiger partial charge on any atom is 0.190 e. The van der Waals surface area contributed by atoms with Crippen LogP contribution in [0.2, 0.25) is 0 Å². The van der Waals surface area contributed by atoms with Crippen LogP contribution < -0.4 is 15.5 Å². The minimum absolute atomic E-state index is 0. The van der Waals surface area contributed by atoms with Crippen LogP contribution in [0.15, 0.2) is 35.3 Å². The zero-order chi connectivity index (χ0) is 18.8. The van der Waals surface area contributed by atoms with E-state index in [-0.39, 0.29) is 24.0 Å². The van der Waals surface area contributed by atoms with E-state index in [0.717, 1.165) is 45.2 Å². The molecule has 1 aliphatic heterocycles. The molecule has 0 amide bonds. The maximum absolute atomic E-state index is 5.81. The van der Waals surface area contributed by atoms with Gasteiger partial charge >= 0.3 is 0 Å². The molecular weight excluding hydrogens is 451 g/mol. The Hall–Kier alpha value is -1.02. The quantitative estimate of drug-likeness (QED) is 0.316. The zero-order valence-corrected chi connectivity index (χ0v) is 19.6. The molecule has 1 heterocycles. The van der Waals surface area contributed by atoms with Crippen LogP contribution in [0.5, 0.6) is 0 Å². The fraction of sp³-hybridized carbons (Fsp3) is 0.667. The van der Waals surface area contributed by atoms with Gasteiger partial charge < -0.3 is 20.3 Å². The van der Waals surface area contributed by atoms with Crippen LogP contribution in [0.1, 0.15) is 33.6 Å². The predicted molar refractivity (Wildman–Crippen MR) is 126 cm³/mol.